The van der Waals surface area contributed by atoms with Crippen LogP contribution in [-0.4, -0.2) is 24.1 Å². The summed E-state index contributed by atoms with van der Waals surface area (Å²) in [6.45, 7) is 9.65. The van der Waals surface area contributed by atoms with Crippen molar-refractivity contribution in [3.05, 3.63) is 339 Å². The third kappa shape index (κ3) is 9.08. The minimum absolute atomic E-state index is 0.341. The first-order valence-corrected chi connectivity index (χ1v) is 34.5. The number of rotatable bonds is 10. The van der Waals surface area contributed by atoms with Crippen molar-refractivity contribution in [1.29, 1.82) is 0 Å². The van der Waals surface area contributed by atoms with E-state index in [0.29, 0.717) is 51.1 Å². The molecular weight excluding hydrogens is 1260 g/mol. The highest BCUT2D eigenvalue weighted by Gasteiger charge is 2.33. The molecule has 0 radical (unpaired) electrons. The van der Waals surface area contributed by atoms with Gasteiger partial charge in [0.25, 0.3) is 0 Å². The molecule has 478 valence electrons. The molecule has 9 heteroatoms. The Morgan fingerprint density at radius 1 is 0.252 bits per heavy atom. The fourth-order valence-corrected chi connectivity index (χ4v) is 15.9. The number of furan rings is 3. The summed E-state index contributed by atoms with van der Waals surface area (Å²) in [5.74, 6) is 1.19. The van der Waals surface area contributed by atoms with Gasteiger partial charge in [-0.05, 0) is 141 Å². The van der Waals surface area contributed by atoms with Crippen LogP contribution in [0.15, 0.2) is 341 Å². The summed E-state index contributed by atoms with van der Waals surface area (Å²) in [5, 5.41) is 9.66. The topological polar surface area (TPSA) is 92.3 Å². The molecule has 0 unspecified atom stereocenters. The Balaban J connectivity index is 0.960. The van der Waals surface area contributed by atoms with Gasteiger partial charge in [0.1, 0.15) is 33.5 Å². The van der Waals surface area contributed by atoms with E-state index in [2.05, 4.69) is 263 Å². The molecule has 0 saturated carbocycles. The summed E-state index contributed by atoms with van der Waals surface area (Å²) in [6.07, 6.45) is 0. The van der Waals surface area contributed by atoms with Gasteiger partial charge in [0.2, 0.25) is 0 Å². The molecule has 0 saturated heterocycles. The van der Waals surface area contributed by atoms with Gasteiger partial charge < -0.3 is 22.4 Å². The van der Waals surface area contributed by atoms with Gasteiger partial charge in [-0.1, -0.05) is 237 Å². The number of hydrogen-bond acceptors (Lipinski definition) is 6. The summed E-state index contributed by atoms with van der Waals surface area (Å²) in [5.41, 5.74) is 22.0. The van der Waals surface area contributed by atoms with E-state index in [1.54, 1.807) is 0 Å². The Kier molecular flexibility index (Phi) is 12.9. The zero-order valence-corrected chi connectivity index (χ0v) is 55.1. The van der Waals surface area contributed by atoms with Gasteiger partial charge in [-0.25, -0.2) is 19.8 Å². The molecule has 9 nitrogen and oxygen atoms in total. The zero-order valence-electron chi connectivity index (χ0n) is 55.1. The molecule has 0 fully saturated rings. The Morgan fingerprint density at radius 3 is 1.14 bits per heavy atom. The molecule has 0 atom stereocenters. The lowest BCUT2D eigenvalue weighted by Crippen LogP contribution is -2.10. The van der Waals surface area contributed by atoms with Crippen LogP contribution in [-0.2, 0) is 0 Å². The van der Waals surface area contributed by atoms with Crippen LogP contribution in [0.5, 0.6) is 0 Å². The number of aromatic nitrogens is 5. The van der Waals surface area contributed by atoms with Gasteiger partial charge in [0.05, 0.1) is 56.3 Å². The molecule has 21 aromatic rings. The standard InChI is InChI=1S/C94H54N6O3/c1-95-76-55-75(94-97-92(61-33-18-7-19-34-61)96-93(98-94)70-37-22-36-67-66-35-20-21-38-81(66)101-89(67)70)87(99-77-45-39-62(56-23-8-2-9-24-56)53-73(77)85-79(99)47-43-68-71-51-64(58-27-12-4-13-28-58)41-49-82(71)102-90(68)85)88(84(76)60-31-16-6-17-32-60)100-78-46-40-63(57-25-10-3-11-26-57)54-74(78)86-80(100)48-44-69-72-52-65(59-29-14-5-15-30-59)42-50-83(72)103-91(69)86/h2-55H. The summed E-state index contributed by atoms with van der Waals surface area (Å²) < 4.78 is 26.3. The lowest BCUT2D eigenvalue weighted by Gasteiger charge is -2.25. The van der Waals surface area contributed by atoms with Crippen LogP contribution in [0.2, 0.25) is 0 Å². The number of hydrogen-bond donors (Lipinski definition) is 0. The molecule has 103 heavy (non-hydrogen) atoms. The molecule has 0 aliphatic rings. The van der Waals surface area contributed by atoms with Crippen LogP contribution in [0.4, 0.5) is 5.69 Å². The first-order valence-electron chi connectivity index (χ1n) is 34.5. The summed E-state index contributed by atoms with van der Waals surface area (Å²) in [4.78, 5) is 21.5. The average molecular weight is 1320 g/mol. The van der Waals surface area contributed by atoms with Crippen LogP contribution in [0.3, 0.4) is 0 Å². The lowest BCUT2D eigenvalue weighted by molar-refractivity contribution is 0.669. The molecule has 0 spiro atoms. The fraction of sp³-hybridized carbons (Fsp3) is 0. The molecule has 15 aromatic carbocycles. The first kappa shape index (κ1) is 57.8. The van der Waals surface area contributed by atoms with E-state index in [0.717, 1.165) is 165 Å². The van der Waals surface area contributed by atoms with Crippen molar-refractivity contribution >= 4 is 115 Å². The molecule has 21 rings (SSSR count). The van der Waals surface area contributed by atoms with Gasteiger partial charge in [-0.3, -0.25) is 0 Å². The van der Waals surface area contributed by atoms with Gasteiger partial charge in [0, 0.05) is 59.8 Å². The number of nitrogens with zero attached hydrogens (tertiary/aromatic N) is 6. The van der Waals surface area contributed by atoms with Gasteiger partial charge in [0.15, 0.2) is 23.2 Å². The van der Waals surface area contributed by atoms with E-state index in [1.807, 2.05) is 78.9 Å². The summed E-state index contributed by atoms with van der Waals surface area (Å²) >= 11 is 0. The van der Waals surface area contributed by atoms with Crippen LogP contribution in [0.1, 0.15) is 0 Å². The minimum Gasteiger partial charge on any atom is -0.455 e. The van der Waals surface area contributed by atoms with Crippen LogP contribution >= 0.6 is 0 Å². The second kappa shape index (κ2) is 22.9. The highest BCUT2D eigenvalue weighted by Crippen LogP contribution is 2.53. The molecule has 0 amide bonds. The van der Waals surface area contributed by atoms with Crippen molar-refractivity contribution in [3.63, 3.8) is 0 Å². The molecule has 6 aromatic heterocycles. The quantitative estimate of drug-likeness (QED) is 0.127. The molecule has 0 bridgehead atoms. The van der Waals surface area contributed by atoms with Crippen molar-refractivity contribution < 1.29 is 13.3 Å². The SMILES string of the molecule is [C-]#[N+]c1cc(-c2nc(-c3ccccc3)nc(-c3cccc4c3oc3ccccc34)n2)c(-n2c3ccc(-c4ccccc4)cc3c3c4oc5ccc(-c6ccccc6)cc5c4ccc32)c(-n2c3ccc(-c4ccccc4)cc3c3c4oc5ccc(-c6ccccc6)cc5c4ccc32)c1-c1ccccc1. The second-order valence-electron chi connectivity index (χ2n) is 26.3. The predicted octanol–water partition coefficient (Wildman–Crippen LogP) is 25.7. The van der Waals surface area contributed by atoms with E-state index in [1.165, 1.54) is 0 Å². The summed E-state index contributed by atoms with van der Waals surface area (Å²) in [7, 11) is 0. The normalized spacial score (nSPS) is 11.9. The average Bonchev–Trinajstić information content (AvgIpc) is 1.55. The van der Waals surface area contributed by atoms with E-state index < -0.39 is 0 Å². The van der Waals surface area contributed by atoms with Gasteiger partial charge in [-0.2, -0.15) is 0 Å². The smallest absolute Gasteiger partial charge is 0.197 e. The van der Waals surface area contributed by atoms with Crippen LogP contribution in [0.25, 0.3) is 215 Å². The zero-order chi connectivity index (χ0) is 67.8. The van der Waals surface area contributed by atoms with Crippen molar-refractivity contribution in [1.82, 2.24) is 24.1 Å². The fourth-order valence-electron chi connectivity index (χ4n) is 15.9. The molecule has 6 heterocycles. The maximum Gasteiger partial charge on any atom is 0.197 e. The van der Waals surface area contributed by atoms with E-state index >= 15 is 0 Å². The second-order valence-corrected chi connectivity index (χ2v) is 26.3. The minimum atomic E-state index is 0.341. The Bertz CT molecular complexity index is 7090. The molecule has 0 aliphatic heterocycles. The highest BCUT2D eigenvalue weighted by atomic mass is 16.3. The Labute approximate surface area is 589 Å². The lowest BCUT2D eigenvalue weighted by atomic mass is 9.95. The van der Waals surface area contributed by atoms with E-state index in [9.17, 15) is 6.57 Å². The third-order valence-electron chi connectivity index (χ3n) is 20.6. The van der Waals surface area contributed by atoms with E-state index in [-0.39, 0.29) is 0 Å². The summed E-state index contributed by atoms with van der Waals surface area (Å²) in [6, 6.07) is 114. The van der Waals surface area contributed by atoms with E-state index in [4.69, 9.17) is 28.2 Å². The van der Waals surface area contributed by atoms with Crippen molar-refractivity contribution in [2.24, 2.45) is 0 Å². The van der Waals surface area contributed by atoms with Crippen LogP contribution < -0.4 is 0 Å². The molecule has 0 aliphatic carbocycles. The van der Waals surface area contributed by atoms with Gasteiger partial charge in [-0.15, -0.1) is 0 Å². The first-order chi connectivity index (χ1) is 51.0. The molecular formula is C94H54N6O3. The maximum absolute atomic E-state index is 9.65. The number of benzene rings is 15. The van der Waals surface area contributed by atoms with Crippen molar-refractivity contribution in [3.8, 4) is 101 Å². The monoisotopic (exact) mass is 1310 g/mol. The maximum atomic E-state index is 9.65. The Hall–Kier alpha value is -14.2. The van der Waals surface area contributed by atoms with Crippen molar-refractivity contribution in [2.45, 2.75) is 0 Å². The van der Waals surface area contributed by atoms with Crippen molar-refractivity contribution in [2.75, 3.05) is 0 Å². The van der Waals surface area contributed by atoms with Gasteiger partial charge >= 0.3 is 0 Å². The van der Waals surface area contributed by atoms with Crippen LogP contribution in [0, 0.1) is 6.57 Å². The largest absolute Gasteiger partial charge is 0.455 e. The third-order valence-corrected chi connectivity index (χ3v) is 20.6. The Morgan fingerprint density at radius 2 is 0.631 bits per heavy atom. The molecule has 0 N–H and O–H groups in total. The number of fused-ring (bicyclic) bond motifs is 17. The predicted molar refractivity (Wildman–Crippen MR) is 420 cm³/mol. The highest BCUT2D eigenvalue weighted by molar-refractivity contribution is 6.27. The number of para-hydroxylation sites is 2.